The number of benzene rings is 1. The van der Waals surface area contributed by atoms with Crippen molar-refractivity contribution in [3.63, 3.8) is 0 Å². The van der Waals surface area contributed by atoms with E-state index < -0.39 is 0 Å². The zero-order chi connectivity index (χ0) is 16.6. The van der Waals surface area contributed by atoms with E-state index >= 15 is 0 Å². The van der Waals surface area contributed by atoms with Gasteiger partial charge < -0.3 is 15.0 Å². The lowest BCUT2D eigenvalue weighted by Crippen LogP contribution is -2.40. The molecule has 1 aliphatic heterocycles. The average Bonchev–Trinajstić information content (AvgIpc) is 2.67. The molecule has 2 aromatic rings. The first-order valence-electron chi connectivity index (χ1n) is 8.46. The van der Waals surface area contributed by atoms with Crippen LogP contribution in [0.3, 0.4) is 0 Å². The van der Waals surface area contributed by atoms with Gasteiger partial charge in [-0.2, -0.15) is 0 Å². The molecule has 126 valence electrons. The lowest BCUT2D eigenvalue weighted by atomic mass is 10.1. The summed E-state index contributed by atoms with van der Waals surface area (Å²) in [6, 6.07) is 16.0. The van der Waals surface area contributed by atoms with Crippen molar-refractivity contribution < 1.29 is 4.74 Å². The third kappa shape index (κ3) is 4.47. The van der Waals surface area contributed by atoms with Gasteiger partial charge in [0.15, 0.2) is 5.96 Å². The van der Waals surface area contributed by atoms with Gasteiger partial charge in [0.05, 0.1) is 19.3 Å². The van der Waals surface area contributed by atoms with Crippen molar-refractivity contribution in [2.24, 2.45) is 4.99 Å². The Morgan fingerprint density at radius 2 is 1.88 bits per heavy atom. The highest BCUT2D eigenvalue weighted by molar-refractivity contribution is 5.93. The summed E-state index contributed by atoms with van der Waals surface area (Å²) in [5.74, 6) is 1.55. The first-order chi connectivity index (χ1) is 11.8. The van der Waals surface area contributed by atoms with Gasteiger partial charge in [-0.05, 0) is 37.5 Å². The van der Waals surface area contributed by atoms with Gasteiger partial charge in [-0.1, -0.05) is 24.3 Å². The Morgan fingerprint density at radius 3 is 2.62 bits per heavy atom. The van der Waals surface area contributed by atoms with E-state index in [9.17, 15) is 0 Å². The Hall–Kier alpha value is -2.56. The van der Waals surface area contributed by atoms with Crippen LogP contribution in [0.2, 0.25) is 0 Å². The maximum atomic E-state index is 5.19. The largest absolute Gasteiger partial charge is 0.481 e. The van der Waals surface area contributed by atoms with Gasteiger partial charge in [0, 0.05) is 24.8 Å². The lowest BCUT2D eigenvalue weighted by molar-refractivity contribution is 0.340. The predicted molar refractivity (Wildman–Crippen MR) is 97.4 cm³/mol. The monoisotopic (exact) mass is 324 g/mol. The molecule has 0 spiro atoms. The summed E-state index contributed by atoms with van der Waals surface area (Å²) in [4.78, 5) is 11.6. The van der Waals surface area contributed by atoms with Crippen LogP contribution in [0.1, 0.15) is 25.0 Å². The summed E-state index contributed by atoms with van der Waals surface area (Å²) in [5, 5.41) is 3.46. The Balaban J connectivity index is 1.77. The van der Waals surface area contributed by atoms with Crippen molar-refractivity contribution in [2.75, 3.05) is 25.5 Å². The minimum Gasteiger partial charge on any atom is -0.481 e. The van der Waals surface area contributed by atoms with E-state index in [4.69, 9.17) is 9.73 Å². The minimum absolute atomic E-state index is 0.531. The molecule has 1 aliphatic rings. The van der Waals surface area contributed by atoms with Crippen molar-refractivity contribution in [1.29, 1.82) is 0 Å². The highest BCUT2D eigenvalue weighted by atomic mass is 16.5. The molecule has 1 aromatic carbocycles. The molecule has 5 nitrogen and oxygen atoms in total. The summed E-state index contributed by atoms with van der Waals surface area (Å²) < 4.78 is 5.19. The Morgan fingerprint density at radius 1 is 1.08 bits per heavy atom. The Kier molecular flexibility index (Phi) is 5.66. The summed E-state index contributed by atoms with van der Waals surface area (Å²) in [5.41, 5.74) is 1.96. The number of anilines is 1. The Bertz CT molecular complexity index is 666. The second-order valence-corrected chi connectivity index (χ2v) is 5.85. The fraction of sp³-hybridized carbons (Fsp3) is 0.368. The number of nitrogens with one attached hydrogen (secondary N) is 1. The number of pyridine rings is 1. The van der Waals surface area contributed by atoms with E-state index in [1.165, 1.54) is 19.3 Å². The minimum atomic E-state index is 0.531. The molecule has 0 atom stereocenters. The van der Waals surface area contributed by atoms with Gasteiger partial charge in [-0.25, -0.2) is 9.98 Å². The molecule has 1 N–H and O–H groups in total. The SMILES string of the molecule is COc1cccc(CN=C(Nc2ccccc2)N2CCCCC2)n1. The number of guanidine groups is 1. The van der Waals surface area contributed by atoms with Crippen molar-refractivity contribution in [1.82, 2.24) is 9.88 Å². The van der Waals surface area contributed by atoms with Crippen molar-refractivity contribution in [3.8, 4) is 5.88 Å². The number of hydrogen-bond donors (Lipinski definition) is 1. The van der Waals surface area contributed by atoms with Crippen LogP contribution in [0, 0.1) is 0 Å². The fourth-order valence-electron chi connectivity index (χ4n) is 2.79. The number of methoxy groups -OCH3 is 1. The third-order valence-corrected chi connectivity index (χ3v) is 4.07. The van der Waals surface area contributed by atoms with Gasteiger partial charge in [-0.15, -0.1) is 0 Å². The summed E-state index contributed by atoms with van der Waals surface area (Å²) in [6.45, 7) is 2.62. The van der Waals surface area contributed by atoms with Crippen molar-refractivity contribution in [3.05, 3.63) is 54.2 Å². The molecular formula is C19H24N4O. The fourth-order valence-corrected chi connectivity index (χ4v) is 2.79. The molecule has 0 aliphatic carbocycles. The zero-order valence-corrected chi connectivity index (χ0v) is 14.1. The number of nitrogens with zero attached hydrogens (tertiary/aromatic N) is 3. The van der Waals surface area contributed by atoms with Crippen LogP contribution in [0.4, 0.5) is 5.69 Å². The smallest absolute Gasteiger partial charge is 0.213 e. The normalized spacial score (nSPS) is 15.2. The van der Waals surface area contributed by atoms with Gasteiger partial charge in [0.1, 0.15) is 0 Å². The Labute approximate surface area is 143 Å². The number of likely N-dealkylation sites (tertiary alicyclic amines) is 1. The number of aliphatic imine (C=N–C) groups is 1. The van der Waals surface area contributed by atoms with Gasteiger partial charge in [0.2, 0.25) is 5.88 Å². The highest BCUT2D eigenvalue weighted by Crippen LogP contribution is 2.14. The quantitative estimate of drug-likeness (QED) is 0.690. The number of para-hydroxylation sites is 1. The van der Waals surface area contributed by atoms with Crippen LogP contribution < -0.4 is 10.1 Å². The first-order valence-corrected chi connectivity index (χ1v) is 8.46. The van der Waals surface area contributed by atoms with E-state index in [0.29, 0.717) is 12.4 Å². The zero-order valence-electron chi connectivity index (χ0n) is 14.1. The molecule has 1 fully saturated rings. The van der Waals surface area contributed by atoms with Crippen LogP contribution in [-0.2, 0) is 6.54 Å². The number of ether oxygens (including phenoxy) is 1. The molecule has 0 unspecified atom stereocenters. The van der Waals surface area contributed by atoms with Crippen LogP contribution in [0.25, 0.3) is 0 Å². The molecule has 24 heavy (non-hydrogen) atoms. The van der Waals surface area contributed by atoms with Crippen LogP contribution in [0.15, 0.2) is 53.5 Å². The van der Waals surface area contributed by atoms with E-state index in [1.54, 1.807) is 7.11 Å². The molecule has 3 rings (SSSR count). The molecule has 2 heterocycles. The number of hydrogen-bond acceptors (Lipinski definition) is 3. The number of aromatic nitrogens is 1. The maximum Gasteiger partial charge on any atom is 0.213 e. The van der Waals surface area contributed by atoms with Crippen LogP contribution in [-0.4, -0.2) is 36.0 Å². The van der Waals surface area contributed by atoms with Gasteiger partial charge in [0.25, 0.3) is 0 Å². The van der Waals surface area contributed by atoms with Gasteiger partial charge in [-0.3, -0.25) is 0 Å². The second-order valence-electron chi connectivity index (χ2n) is 5.85. The highest BCUT2D eigenvalue weighted by Gasteiger charge is 2.15. The van der Waals surface area contributed by atoms with Gasteiger partial charge >= 0.3 is 0 Å². The van der Waals surface area contributed by atoms with Crippen molar-refractivity contribution in [2.45, 2.75) is 25.8 Å². The predicted octanol–water partition coefficient (Wildman–Crippen LogP) is 3.54. The molecular weight excluding hydrogens is 300 g/mol. The molecule has 1 saturated heterocycles. The summed E-state index contributed by atoms with van der Waals surface area (Å²) in [6.07, 6.45) is 3.73. The third-order valence-electron chi connectivity index (χ3n) is 4.07. The lowest BCUT2D eigenvalue weighted by Gasteiger charge is -2.30. The molecule has 0 radical (unpaired) electrons. The summed E-state index contributed by atoms with van der Waals surface area (Å²) >= 11 is 0. The topological polar surface area (TPSA) is 49.8 Å². The maximum absolute atomic E-state index is 5.19. The first kappa shape index (κ1) is 16.3. The van der Waals surface area contributed by atoms with Crippen LogP contribution >= 0.6 is 0 Å². The van der Waals surface area contributed by atoms with E-state index in [1.807, 2.05) is 36.4 Å². The van der Waals surface area contributed by atoms with Crippen molar-refractivity contribution >= 4 is 11.6 Å². The molecule has 0 saturated carbocycles. The summed E-state index contributed by atoms with van der Waals surface area (Å²) in [7, 11) is 1.63. The molecule has 1 aromatic heterocycles. The molecule has 0 amide bonds. The number of rotatable bonds is 4. The van der Waals surface area contributed by atoms with E-state index in [2.05, 4.69) is 27.3 Å². The van der Waals surface area contributed by atoms with Crippen LogP contribution in [0.5, 0.6) is 5.88 Å². The second kappa shape index (κ2) is 8.34. The average molecular weight is 324 g/mol. The van der Waals surface area contributed by atoms with E-state index in [0.717, 1.165) is 30.4 Å². The van der Waals surface area contributed by atoms with E-state index in [-0.39, 0.29) is 0 Å². The number of piperidine rings is 1. The molecule has 5 heteroatoms. The molecule has 0 bridgehead atoms. The standard InChI is InChI=1S/C19H24N4O/c1-24-18-12-8-11-17(21-18)15-20-19(23-13-6-3-7-14-23)22-16-9-4-2-5-10-16/h2,4-5,8-12H,3,6-7,13-15H2,1H3,(H,20,22).